The molecule has 0 heterocycles. The fourth-order valence-corrected chi connectivity index (χ4v) is 5.83. The number of fused-ring (bicyclic) bond motifs is 1. The van der Waals surface area contributed by atoms with Crippen LogP contribution in [0.1, 0.15) is 148 Å². The third kappa shape index (κ3) is 2.95. The van der Waals surface area contributed by atoms with Crippen LogP contribution in [-0.4, -0.2) is 0 Å². The smallest absolute Gasteiger partial charge is 0.00957 e. The van der Waals surface area contributed by atoms with Crippen LogP contribution in [0.3, 0.4) is 0 Å². The van der Waals surface area contributed by atoms with Crippen molar-refractivity contribution in [3.8, 4) is 0 Å². The Morgan fingerprint density at radius 2 is 0.679 bits per heavy atom. The van der Waals surface area contributed by atoms with Crippen LogP contribution in [0, 0.1) is 0 Å². The second-order valence-corrected chi connectivity index (χ2v) is 10.5. The number of hydrogen-bond acceptors (Lipinski definition) is 0. The van der Waals surface area contributed by atoms with Crippen LogP contribution in [0.25, 0.3) is 0 Å². The highest BCUT2D eigenvalue weighted by molar-refractivity contribution is 5.60. The first-order valence-corrected chi connectivity index (χ1v) is 11.6. The Labute approximate surface area is 172 Å². The molecule has 5 rings (SSSR count). The summed E-state index contributed by atoms with van der Waals surface area (Å²) in [5.41, 5.74) is 12.9. The van der Waals surface area contributed by atoms with Gasteiger partial charge in [0.2, 0.25) is 0 Å². The van der Waals surface area contributed by atoms with E-state index in [1.807, 2.05) is 0 Å². The van der Waals surface area contributed by atoms with Crippen LogP contribution in [0.5, 0.6) is 0 Å². The molecule has 2 aromatic rings. The summed E-state index contributed by atoms with van der Waals surface area (Å²) < 4.78 is 0. The van der Waals surface area contributed by atoms with Gasteiger partial charge in [0.05, 0.1) is 0 Å². The molecule has 3 aliphatic carbocycles. The summed E-state index contributed by atoms with van der Waals surface area (Å²) in [6, 6.07) is 10.4. The quantitative estimate of drug-likeness (QED) is 0.503. The molecule has 0 spiro atoms. The summed E-state index contributed by atoms with van der Waals surface area (Å²) in [5, 5.41) is 0. The van der Waals surface area contributed by atoms with Crippen LogP contribution in [0.15, 0.2) is 24.3 Å². The molecule has 150 valence electrons. The van der Waals surface area contributed by atoms with Crippen LogP contribution in [-0.2, 0) is 0 Å². The third-order valence-electron chi connectivity index (χ3n) is 7.31. The molecule has 0 atom stereocenters. The summed E-state index contributed by atoms with van der Waals surface area (Å²) in [4.78, 5) is 0. The van der Waals surface area contributed by atoms with Gasteiger partial charge in [-0.25, -0.2) is 0 Å². The molecule has 3 aliphatic rings. The SMILES string of the molecule is CC(C)c1cc2c(cc1C(C)C)C1CCC2c2cc(C(C)C)c(C(C)C)cc21. The summed E-state index contributed by atoms with van der Waals surface area (Å²) in [7, 11) is 0. The zero-order valence-electron chi connectivity index (χ0n) is 19.2. The van der Waals surface area contributed by atoms with E-state index in [-0.39, 0.29) is 0 Å². The van der Waals surface area contributed by atoms with Crippen LogP contribution >= 0.6 is 0 Å². The molecule has 0 aliphatic heterocycles. The molecular weight excluding hydrogens is 336 g/mol. The number of benzene rings is 2. The molecule has 2 aromatic carbocycles. The molecular formula is C28H38. The van der Waals surface area contributed by atoms with Gasteiger partial charge in [0, 0.05) is 11.8 Å². The lowest BCUT2D eigenvalue weighted by Gasteiger charge is -2.42. The first kappa shape index (κ1) is 19.7. The lowest BCUT2D eigenvalue weighted by molar-refractivity contribution is 0.514. The van der Waals surface area contributed by atoms with Crippen molar-refractivity contribution >= 4 is 0 Å². The van der Waals surface area contributed by atoms with Crippen molar-refractivity contribution < 1.29 is 0 Å². The van der Waals surface area contributed by atoms with Crippen molar-refractivity contribution in [2.75, 3.05) is 0 Å². The molecule has 0 nitrogen and oxygen atoms in total. The Morgan fingerprint density at radius 3 is 0.857 bits per heavy atom. The van der Waals surface area contributed by atoms with E-state index in [1.54, 1.807) is 44.5 Å². The van der Waals surface area contributed by atoms with Crippen molar-refractivity contribution in [1.82, 2.24) is 0 Å². The van der Waals surface area contributed by atoms with Crippen molar-refractivity contribution in [3.05, 3.63) is 68.8 Å². The summed E-state index contributed by atoms with van der Waals surface area (Å²) in [6.45, 7) is 18.8. The molecule has 0 N–H and O–H groups in total. The standard InChI is InChI=1S/C28H38/c1-15(2)21-11-25-19-9-10-20(26(25)12-22(21)16(3)4)28-14-24(18(7)8)23(17(5)6)13-27(19)28/h11-20H,9-10H2,1-8H3. The molecule has 0 fully saturated rings. The molecule has 0 radical (unpaired) electrons. The highest BCUT2D eigenvalue weighted by atomic mass is 14.4. The Bertz CT molecular complexity index is 749. The fraction of sp³-hybridized carbons (Fsp3) is 0.571. The zero-order chi connectivity index (χ0) is 20.3. The monoisotopic (exact) mass is 374 g/mol. The van der Waals surface area contributed by atoms with Crippen LogP contribution < -0.4 is 0 Å². The maximum Gasteiger partial charge on any atom is 0.00957 e. The van der Waals surface area contributed by atoms with E-state index in [0.717, 1.165) is 0 Å². The molecule has 0 heteroatoms. The van der Waals surface area contributed by atoms with Gasteiger partial charge in [-0.15, -0.1) is 0 Å². The van der Waals surface area contributed by atoms with Gasteiger partial charge in [0.1, 0.15) is 0 Å². The Balaban J connectivity index is 1.93. The van der Waals surface area contributed by atoms with E-state index in [1.165, 1.54) is 12.8 Å². The number of rotatable bonds is 4. The van der Waals surface area contributed by atoms with Gasteiger partial charge < -0.3 is 0 Å². The van der Waals surface area contributed by atoms with Crippen molar-refractivity contribution in [2.24, 2.45) is 0 Å². The summed E-state index contributed by atoms with van der Waals surface area (Å²) >= 11 is 0. The van der Waals surface area contributed by atoms with Crippen molar-refractivity contribution in [1.29, 1.82) is 0 Å². The Kier molecular flexibility index (Phi) is 4.97. The van der Waals surface area contributed by atoms with Gasteiger partial charge in [-0.1, -0.05) is 79.7 Å². The van der Waals surface area contributed by atoms with Crippen molar-refractivity contribution in [2.45, 2.75) is 104 Å². The minimum atomic E-state index is 0.595. The maximum absolute atomic E-state index is 2.60. The van der Waals surface area contributed by atoms with Crippen LogP contribution in [0.2, 0.25) is 0 Å². The normalized spacial score (nSPS) is 20.4. The summed E-state index contributed by atoms with van der Waals surface area (Å²) in [6.07, 6.45) is 2.64. The van der Waals surface area contributed by atoms with E-state index >= 15 is 0 Å². The molecule has 0 saturated heterocycles. The first-order chi connectivity index (χ1) is 13.2. The maximum atomic E-state index is 2.60. The largest absolute Gasteiger partial charge is 0.0587 e. The molecule has 0 unspecified atom stereocenters. The predicted molar refractivity (Wildman–Crippen MR) is 122 cm³/mol. The lowest BCUT2D eigenvalue weighted by atomic mass is 9.61. The average Bonchev–Trinajstić information content (AvgIpc) is 2.65. The molecule has 0 aromatic heterocycles. The minimum absolute atomic E-state index is 0.595. The molecule has 2 bridgehead atoms. The third-order valence-corrected chi connectivity index (χ3v) is 7.31. The van der Waals surface area contributed by atoms with E-state index in [4.69, 9.17) is 0 Å². The van der Waals surface area contributed by atoms with Crippen LogP contribution in [0.4, 0.5) is 0 Å². The fourth-order valence-electron chi connectivity index (χ4n) is 5.83. The minimum Gasteiger partial charge on any atom is -0.0587 e. The Hall–Kier alpha value is -1.56. The van der Waals surface area contributed by atoms with E-state index in [9.17, 15) is 0 Å². The van der Waals surface area contributed by atoms with Gasteiger partial charge >= 0.3 is 0 Å². The van der Waals surface area contributed by atoms with E-state index in [0.29, 0.717) is 35.5 Å². The first-order valence-electron chi connectivity index (χ1n) is 11.6. The molecule has 0 amide bonds. The van der Waals surface area contributed by atoms with Gasteiger partial charge in [-0.2, -0.15) is 0 Å². The van der Waals surface area contributed by atoms with Gasteiger partial charge in [0.25, 0.3) is 0 Å². The molecule has 28 heavy (non-hydrogen) atoms. The average molecular weight is 375 g/mol. The topological polar surface area (TPSA) is 0 Å². The highest BCUT2D eigenvalue weighted by Gasteiger charge is 2.39. The molecule has 0 saturated carbocycles. The number of hydrogen-bond donors (Lipinski definition) is 0. The van der Waals surface area contributed by atoms with Crippen molar-refractivity contribution in [3.63, 3.8) is 0 Å². The highest BCUT2D eigenvalue weighted by Crippen LogP contribution is 2.55. The Morgan fingerprint density at radius 1 is 0.464 bits per heavy atom. The lowest BCUT2D eigenvalue weighted by Crippen LogP contribution is -2.26. The van der Waals surface area contributed by atoms with E-state index < -0.39 is 0 Å². The van der Waals surface area contributed by atoms with E-state index in [2.05, 4.69) is 79.7 Å². The van der Waals surface area contributed by atoms with Gasteiger partial charge in [-0.3, -0.25) is 0 Å². The zero-order valence-corrected chi connectivity index (χ0v) is 19.2. The predicted octanol–water partition coefficient (Wildman–Crippen LogP) is 8.55. The van der Waals surface area contributed by atoms with Gasteiger partial charge in [0.15, 0.2) is 0 Å². The van der Waals surface area contributed by atoms with Gasteiger partial charge in [-0.05, 0) is 81.0 Å². The summed E-state index contributed by atoms with van der Waals surface area (Å²) in [5.74, 6) is 3.59. The second-order valence-electron chi connectivity index (χ2n) is 10.5. The second kappa shape index (κ2) is 7.05.